The van der Waals surface area contributed by atoms with E-state index in [1.165, 1.54) is 11.3 Å². The first-order valence-electron chi connectivity index (χ1n) is 3.27. The zero-order valence-electron chi connectivity index (χ0n) is 5.91. The lowest BCUT2D eigenvalue weighted by Gasteiger charge is -1.95. The molecule has 0 spiro atoms. The van der Waals surface area contributed by atoms with Gasteiger partial charge in [0.1, 0.15) is 11.5 Å². The van der Waals surface area contributed by atoms with Gasteiger partial charge in [-0.3, -0.25) is 0 Å². The first-order chi connectivity index (χ1) is 5.68. The van der Waals surface area contributed by atoms with Gasteiger partial charge in [0.2, 0.25) is 0 Å². The minimum Gasteiger partial charge on any atom is -0.506 e. The van der Waals surface area contributed by atoms with Crippen molar-refractivity contribution in [3.8, 4) is 11.5 Å². The number of hydrogen-bond donors (Lipinski definition) is 2. The van der Waals surface area contributed by atoms with Crippen LogP contribution < -0.4 is 0 Å². The summed E-state index contributed by atoms with van der Waals surface area (Å²) >= 11 is 7.03. The van der Waals surface area contributed by atoms with Gasteiger partial charge in [-0.2, -0.15) is 0 Å². The van der Waals surface area contributed by atoms with Crippen molar-refractivity contribution < 1.29 is 10.2 Å². The van der Waals surface area contributed by atoms with Gasteiger partial charge in [0.15, 0.2) is 0 Å². The van der Waals surface area contributed by atoms with Gasteiger partial charge in [0.05, 0.1) is 5.02 Å². The third-order valence-corrected chi connectivity index (χ3v) is 2.86. The lowest BCUT2D eigenvalue weighted by Crippen LogP contribution is -1.68. The average Bonchev–Trinajstić information content (AvgIpc) is 2.35. The summed E-state index contributed by atoms with van der Waals surface area (Å²) in [7, 11) is 0. The zero-order valence-corrected chi connectivity index (χ0v) is 7.49. The molecule has 0 aliphatic carbocycles. The fraction of sp³-hybridized carbons (Fsp3) is 0. The van der Waals surface area contributed by atoms with Crippen LogP contribution in [0.2, 0.25) is 5.02 Å². The SMILES string of the molecule is Oc1cc2scc(O)c2cc1Cl. The third kappa shape index (κ3) is 1.02. The Morgan fingerprint density at radius 2 is 1.92 bits per heavy atom. The van der Waals surface area contributed by atoms with Gasteiger partial charge in [-0.1, -0.05) is 11.6 Å². The van der Waals surface area contributed by atoms with Crippen molar-refractivity contribution in [3.63, 3.8) is 0 Å². The normalized spacial score (nSPS) is 10.8. The van der Waals surface area contributed by atoms with E-state index in [0.717, 1.165) is 4.70 Å². The van der Waals surface area contributed by atoms with E-state index in [4.69, 9.17) is 11.6 Å². The Labute approximate surface area is 77.6 Å². The molecule has 62 valence electrons. The number of aromatic hydroxyl groups is 2. The molecule has 0 atom stereocenters. The Morgan fingerprint density at radius 1 is 1.17 bits per heavy atom. The molecule has 4 heteroatoms. The molecule has 1 aromatic heterocycles. The molecule has 0 saturated heterocycles. The van der Waals surface area contributed by atoms with Crippen LogP contribution in [0.25, 0.3) is 10.1 Å². The molecular formula is C8H5ClO2S. The first-order valence-corrected chi connectivity index (χ1v) is 4.53. The minimum absolute atomic E-state index is 0.0472. The highest BCUT2D eigenvalue weighted by atomic mass is 35.5. The Morgan fingerprint density at radius 3 is 2.67 bits per heavy atom. The van der Waals surface area contributed by atoms with Crippen molar-refractivity contribution in [1.82, 2.24) is 0 Å². The van der Waals surface area contributed by atoms with Crippen LogP contribution in [0.4, 0.5) is 0 Å². The van der Waals surface area contributed by atoms with Crippen LogP contribution in [0.3, 0.4) is 0 Å². The largest absolute Gasteiger partial charge is 0.506 e. The molecule has 0 fully saturated rings. The van der Waals surface area contributed by atoms with E-state index in [1.54, 1.807) is 17.5 Å². The second-order valence-corrected chi connectivity index (χ2v) is 3.74. The topological polar surface area (TPSA) is 40.5 Å². The molecule has 0 aliphatic heterocycles. The maximum absolute atomic E-state index is 9.30. The molecule has 0 saturated carbocycles. The van der Waals surface area contributed by atoms with Crippen LogP contribution >= 0.6 is 22.9 Å². The van der Waals surface area contributed by atoms with E-state index in [0.29, 0.717) is 5.39 Å². The summed E-state index contributed by atoms with van der Waals surface area (Å²) in [5.41, 5.74) is 0. The smallest absolute Gasteiger partial charge is 0.135 e. The number of halogens is 1. The molecule has 0 radical (unpaired) electrons. The Kier molecular flexibility index (Phi) is 1.63. The van der Waals surface area contributed by atoms with Crippen molar-refractivity contribution in [2.75, 3.05) is 0 Å². The fourth-order valence-electron chi connectivity index (χ4n) is 1.02. The number of hydrogen-bond acceptors (Lipinski definition) is 3. The molecule has 2 N–H and O–H groups in total. The van der Waals surface area contributed by atoms with E-state index < -0.39 is 0 Å². The van der Waals surface area contributed by atoms with Crippen LogP contribution in [-0.2, 0) is 0 Å². The van der Waals surface area contributed by atoms with E-state index >= 15 is 0 Å². The maximum Gasteiger partial charge on any atom is 0.135 e. The quantitative estimate of drug-likeness (QED) is 0.687. The molecule has 2 rings (SSSR count). The summed E-state index contributed by atoms with van der Waals surface area (Å²) in [5, 5.41) is 21.1. The van der Waals surface area contributed by atoms with Gasteiger partial charge >= 0.3 is 0 Å². The van der Waals surface area contributed by atoms with Crippen LogP contribution in [0, 0.1) is 0 Å². The van der Waals surface area contributed by atoms with E-state index in [-0.39, 0.29) is 16.5 Å². The molecule has 0 amide bonds. The Balaban J connectivity index is 2.87. The molecule has 1 heterocycles. The summed E-state index contributed by atoms with van der Waals surface area (Å²) in [6, 6.07) is 3.10. The van der Waals surface area contributed by atoms with E-state index in [2.05, 4.69) is 0 Å². The number of fused-ring (bicyclic) bond motifs is 1. The lowest BCUT2D eigenvalue weighted by atomic mass is 10.2. The van der Waals surface area contributed by atoms with Gasteiger partial charge in [0.25, 0.3) is 0 Å². The van der Waals surface area contributed by atoms with Gasteiger partial charge in [0, 0.05) is 15.5 Å². The van der Waals surface area contributed by atoms with Gasteiger partial charge in [-0.25, -0.2) is 0 Å². The molecule has 2 nitrogen and oxygen atoms in total. The van der Waals surface area contributed by atoms with Crippen LogP contribution in [0.15, 0.2) is 17.5 Å². The zero-order chi connectivity index (χ0) is 8.72. The fourth-order valence-corrected chi connectivity index (χ4v) is 2.02. The van der Waals surface area contributed by atoms with Crippen molar-refractivity contribution in [3.05, 3.63) is 22.5 Å². The van der Waals surface area contributed by atoms with Crippen molar-refractivity contribution >= 4 is 33.0 Å². The molecule has 0 unspecified atom stereocenters. The summed E-state index contributed by atoms with van der Waals surface area (Å²) in [6.07, 6.45) is 0. The predicted molar refractivity (Wildman–Crippen MR) is 50.2 cm³/mol. The molecular weight excluding hydrogens is 196 g/mol. The van der Waals surface area contributed by atoms with Crippen molar-refractivity contribution in [2.45, 2.75) is 0 Å². The first kappa shape index (κ1) is 7.71. The standard InChI is InChI=1S/C8H5ClO2S/c9-5-1-4-7(11)3-12-8(4)2-6(5)10/h1-3,10-11H. The highest BCUT2D eigenvalue weighted by Crippen LogP contribution is 2.37. The number of rotatable bonds is 0. The number of benzene rings is 1. The monoisotopic (exact) mass is 200 g/mol. The van der Waals surface area contributed by atoms with Crippen molar-refractivity contribution in [2.24, 2.45) is 0 Å². The maximum atomic E-state index is 9.30. The number of phenols is 1. The predicted octanol–water partition coefficient (Wildman–Crippen LogP) is 2.97. The van der Waals surface area contributed by atoms with Crippen LogP contribution in [0.5, 0.6) is 11.5 Å². The van der Waals surface area contributed by atoms with Crippen LogP contribution in [-0.4, -0.2) is 10.2 Å². The Bertz CT molecular complexity index is 436. The summed E-state index contributed by atoms with van der Waals surface area (Å²) < 4.78 is 0.828. The van der Waals surface area contributed by atoms with Crippen molar-refractivity contribution in [1.29, 1.82) is 0 Å². The lowest BCUT2D eigenvalue weighted by molar-refractivity contribution is 0.476. The summed E-state index contributed by atoms with van der Waals surface area (Å²) in [4.78, 5) is 0. The summed E-state index contributed by atoms with van der Waals surface area (Å²) in [5.74, 6) is 0.253. The second kappa shape index (κ2) is 2.54. The van der Waals surface area contributed by atoms with Gasteiger partial charge < -0.3 is 10.2 Å². The highest BCUT2D eigenvalue weighted by Gasteiger charge is 2.06. The third-order valence-electron chi connectivity index (χ3n) is 1.62. The van der Waals surface area contributed by atoms with Gasteiger partial charge in [-0.05, 0) is 12.1 Å². The number of phenolic OH excluding ortho intramolecular Hbond substituents is 1. The van der Waals surface area contributed by atoms with E-state index in [1.807, 2.05) is 0 Å². The van der Waals surface area contributed by atoms with Crippen LogP contribution in [0.1, 0.15) is 0 Å². The average molecular weight is 201 g/mol. The molecule has 0 bridgehead atoms. The molecule has 0 aliphatic rings. The minimum atomic E-state index is 0.0472. The number of thiophene rings is 1. The van der Waals surface area contributed by atoms with E-state index in [9.17, 15) is 10.2 Å². The second-order valence-electron chi connectivity index (χ2n) is 2.42. The summed E-state index contributed by atoms with van der Waals surface area (Å²) in [6.45, 7) is 0. The highest BCUT2D eigenvalue weighted by molar-refractivity contribution is 7.17. The Hall–Kier alpha value is -0.930. The molecule has 2 aromatic rings. The molecule has 1 aromatic carbocycles. The molecule has 12 heavy (non-hydrogen) atoms. The van der Waals surface area contributed by atoms with Gasteiger partial charge in [-0.15, -0.1) is 11.3 Å².